The van der Waals surface area contributed by atoms with Crippen LogP contribution >= 0.6 is 34.5 Å². The van der Waals surface area contributed by atoms with Gasteiger partial charge in [0.15, 0.2) is 5.13 Å². The van der Waals surface area contributed by atoms with E-state index in [0.717, 1.165) is 21.7 Å². The van der Waals surface area contributed by atoms with Crippen molar-refractivity contribution in [3.63, 3.8) is 0 Å². The Morgan fingerprint density at radius 1 is 1.04 bits per heavy atom. The number of benzene rings is 2. The SMILES string of the molecule is O=C(CCl)Nc1nc(-c2ccc(Cl)cc2)c(-c2ccccc2)s1. The predicted octanol–water partition coefficient (Wildman–Crippen LogP) is 5.31. The fourth-order valence-corrected chi connectivity index (χ4v) is 3.32. The van der Waals surface area contributed by atoms with Gasteiger partial charge in [-0.05, 0) is 17.7 Å². The molecule has 2 aromatic carbocycles. The van der Waals surface area contributed by atoms with Crippen molar-refractivity contribution >= 4 is 45.6 Å². The maximum Gasteiger partial charge on any atom is 0.241 e. The molecule has 116 valence electrons. The fourth-order valence-electron chi connectivity index (χ4n) is 2.11. The highest BCUT2D eigenvalue weighted by Crippen LogP contribution is 2.39. The summed E-state index contributed by atoms with van der Waals surface area (Å²) in [7, 11) is 0. The quantitative estimate of drug-likeness (QED) is 0.639. The van der Waals surface area contributed by atoms with Crippen molar-refractivity contribution in [1.29, 1.82) is 0 Å². The van der Waals surface area contributed by atoms with Gasteiger partial charge in [0.2, 0.25) is 5.91 Å². The molecule has 0 aliphatic heterocycles. The maximum absolute atomic E-state index is 11.5. The third-order valence-corrected chi connectivity index (χ3v) is 4.66. The molecule has 0 bridgehead atoms. The van der Waals surface area contributed by atoms with Crippen molar-refractivity contribution in [2.45, 2.75) is 0 Å². The Balaban J connectivity index is 2.08. The van der Waals surface area contributed by atoms with Crippen LogP contribution < -0.4 is 5.32 Å². The summed E-state index contributed by atoms with van der Waals surface area (Å²) in [6, 6.07) is 17.4. The molecule has 3 aromatic rings. The topological polar surface area (TPSA) is 42.0 Å². The van der Waals surface area contributed by atoms with Gasteiger partial charge in [0.05, 0.1) is 10.6 Å². The number of amides is 1. The number of nitrogens with zero attached hydrogens (tertiary/aromatic N) is 1. The summed E-state index contributed by atoms with van der Waals surface area (Å²) >= 11 is 12.9. The van der Waals surface area contributed by atoms with Crippen LogP contribution in [-0.2, 0) is 4.79 Å². The Morgan fingerprint density at radius 3 is 2.39 bits per heavy atom. The summed E-state index contributed by atoms with van der Waals surface area (Å²) in [5.74, 6) is -0.376. The zero-order valence-electron chi connectivity index (χ0n) is 11.9. The van der Waals surface area contributed by atoms with Crippen molar-refractivity contribution < 1.29 is 4.79 Å². The smallest absolute Gasteiger partial charge is 0.241 e. The van der Waals surface area contributed by atoms with Gasteiger partial charge in [0.1, 0.15) is 5.88 Å². The molecule has 0 saturated carbocycles. The monoisotopic (exact) mass is 362 g/mol. The number of anilines is 1. The van der Waals surface area contributed by atoms with Crippen molar-refractivity contribution in [1.82, 2.24) is 4.98 Å². The van der Waals surface area contributed by atoms with Crippen molar-refractivity contribution in [2.75, 3.05) is 11.2 Å². The molecule has 0 spiro atoms. The fraction of sp³-hybridized carbons (Fsp3) is 0.0588. The lowest BCUT2D eigenvalue weighted by molar-refractivity contribution is -0.113. The first kappa shape index (κ1) is 16.0. The Morgan fingerprint density at radius 2 is 1.74 bits per heavy atom. The van der Waals surface area contributed by atoms with Gasteiger partial charge in [-0.2, -0.15) is 0 Å². The van der Waals surface area contributed by atoms with Crippen molar-refractivity contribution in [3.8, 4) is 21.7 Å². The molecule has 0 saturated heterocycles. The van der Waals surface area contributed by atoms with Gasteiger partial charge in [0.25, 0.3) is 0 Å². The molecule has 0 aliphatic carbocycles. The van der Waals surface area contributed by atoms with Crippen LogP contribution in [0.25, 0.3) is 21.7 Å². The standard InChI is InChI=1S/C17H12Cl2N2OS/c18-10-14(22)20-17-21-15(11-6-8-13(19)9-7-11)16(23-17)12-4-2-1-3-5-12/h1-9H,10H2,(H,20,21,22). The van der Waals surface area contributed by atoms with Gasteiger partial charge in [-0.1, -0.05) is 65.4 Å². The van der Waals surface area contributed by atoms with Gasteiger partial charge < -0.3 is 5.32 Å². The van der Waals surface area contributed by atoms with Crippen LogP contribution in [0.2, 0.25) is 5.02 Å². The molecular formula is C17H12Cl2N2OS. The molecule has 1 amide bonds. The largest absolute Gasteiger partial charge is 0.301 e. The van der Waals surface area contributed by atoms with E-state index >= 15 is 0 Å². The first-order chi connectivity index (χ1) is 11.2. The third-order valence-electron chi connectivity index (χ3n) is 3.15. The van der Waals surface area contributed by atoms with Gasteiger partial charge in [-0.3, -0.25) is 4.79 Å². The van der Waals surface area contributed by atoms with Crippen LogP contribution in [0.3, 0.4) is 0 Å². The normalized spacial score (nSPS) is 10.5. The van der Waals surface area contributed by atoms with Crippen LogP contribution in [0.15, 0.2) is 54.6 Å². The molecule has 23 heavy (non-hydrogen) atoms. The molecule has 0 aliphatic rings. The van der Waals surface area contributed by atoms with Gasteiger partial charge in [-0.25, -0.2) is 4.98 Å². The number of nitrogens with one attached hydrogen (secondary N) is 1. The van der Waals surface area contributed by atoms with E-state index in [0.29, 0.717) is 10.2 Å². The first-order valence-corrected chi connectivity index (χ1v) is 8.58. The van der Waals surface area contributed by atoms with E-state index in [-0.39, 0.29) is 11.8 Å². The number of rotatable bonds is 4. The number of carbonyl (C=O) groups is 1. The summed E-state index contributed by atoms with van der Waals surface area (Å²) in [6.07, 6.45) is 0. The van der Waals surface area contributed by atoms with E-state index in [4.69, 9.17) is 23.2 Å². The van der Waals surface area contributed by atoms with E-state index in [2.05, 4.69) is 10.3 Å². The Hall–Kier alpha value is -1.88. The number of alkyl halides is 1. The second-order valence-corrected chi connectivity index (χ2v) is 6.45. The summed E-state index contributed by atoms with van der Waals surface area (Å²) < 4.78 is 0. The number of hydrogen-bond donors (Lipinski definition) is 1. The van der Waals surface area contributed by atoms with E-state index in [1.165, 1.54) is 11.3 Å². The van der Waals surface area contributed by atoms with Crippen LogP contribution in [0.4, 0.5) is 5.13 Å². The van der Waals surface area contributed by atoms with Gasteiger partial charge in [0, 0.05) is 10.6 Å². The Kier molecular flexibility index (Phi) is 4.96. The average molecular weight is 363 g/mol. The van der Waals surface area contributed by atoms with E-state index in [9.17, 15) is 4.79 Å². The number of aromatic nitrogens is 1. The zero-order chi connectivity index (χ0) is 16.2. The lowest BCUT2D eigenvalue weighted by Gasteiger charge is -2.02. The molecular weight excluding hydrogens is 351 g/mol. The minimum atomic E-state index is -0.275. The molecule has 3 nitrogen and oxygen atoms in total. The Labute approximate surface area is 147 Å². The minimum Gasteiger partial charge on any atom is -0.301 e. The summed E-state index contributed by atoms with van der Waals surface area (Å²) in [5.41, 5.74) is 2.79. The minimum absolute atomic E-state index is 0.101. The van der Waals surface area contributed by atoms with Crippen LogP contribution in [-0.4, -0.2) is 16.8 Å². The van der Waals surface area contributed by atoms with Crippen molar-refractivity contribution in [3.05, 3.63) is 59.6 Å². The molecule has 0 unspecified atom stereocenters. The number of thiazole rings is 1. The van der Waals surface area contributed by atoms with Gasteiger partial charge >= 0.3 is 0 Å². The van der Waals surface area contributed by atoms with Crippen LogP contribution in [0, 0.1) is 0 Å². The molecule has 1 heterocycles. The van der Waals surface area contributed by atoms with Crippen molar-refractivity contribution in [2.24, 2.45) is 0 Å². The third kappa shape index (κ3) is 3.72. The second kappa shape index (κ2) is 7.13. The van der Waals surface area contributed by atoms with Crippen LogP contribution in [0.5, 0.6) is 0 Å². The molecule has 3 rings (SSSR count). The number of carbonyl (C=O) groups excluding carboxylic acids is 1. The molecule has 0 radical (unpaired) electrons. The molecule has 1 aromatic heterocycles. The molecule has 0 atom stereocenters. The molecule has 0 fully saturated rings. The number of halogens is 2. The number of hydrogen-bond acceptors (Lipinski definition) is 3. The first-order valence-electron chi connectivity index (χ1n) is 6.85. The van der Waals surface area contributed by atoms with Gasteiger partial charge in [-0.15, -0.1) is 11.6 Å². The lowest BCUT2D eigenvalue weighted by atomic mass is 10.1. The van der Waals surface area contributed by atoms with E-state index in [1.807, 2.05) is 54.6 Å². The molecule has 6 heteroatoms. The summed E-state index contributed by atoms with van der Waals surface area (Å²) in [6.45, 7) is 0. The summed E-state index contributed by atoms with van der Waals surface area (Å²) in [4.78, 5) is 17.1. The maximum atomic E-state index is 11.5. The predicted molar refractivity (Wildman–Crippen MR) is 97.3 cm³/mol. The molecule has 1 N–H and O–H groups in total. The van der Waals surface area contributed by atoms with E-state index in [1.54, 1.807) is 0 Å². The summed E-state index contributed by atoms with van der Waals surface area (Å²) in [5, 5.41) is 3.91. The highest BCUT2D eigenvalue weighted by molar-refractivity contribution is 7.19. The lowest BCUT2D eigenvalue weighted by Crippen LogP contribution is -2.12. The highest BCUT2D eigenvalue weighted by atomic mass is 35.5. The second-order valence-electron chi connectivity index (χ2n) is 4.75. The zero-order valence-corrected chi connectivity index (χ0v) is 14.3. The van der Waals surface area contributed by atoms with Crippen LogP contribution in [0.1, 0.15) is 0 Å². The highest BCUT2D eigenvalue weighted by Gasteiger charge is 2.16. The average Bonchev–Trinajstić information content (AvgIpc) is 3.00. The van der Waals surface area contributed by atoms with E-state index < -0.39 is 0 Å². The Bertz CT molecular complexity index is 816.